The summed E-state index contributed by atoms with van der Waals surface area (Å²) < 4.78 is 18.7. The van der Waals surface area contributed by atoms with Crippen molar-refractivity contribution in [1.29, 1.82) is 0 Å². The summed E-state index contributed by atoms with van der Waals surface area (Å²) in [5.74, 6) is -0.661. The molecular weight excluding hydrogens is 233 g/mol. The first kappa shape index (κ1) is 14.6. The van der Waals surface area contributed by atoms with Crippen molar-refractivity contribution in [2.24, 2.45) is 11.1 Å². The van der Waals surface area contributed by atoms with Crippen LogP contribution in [0.2, 0.25) is 0 Å². The summed E-state index contributed by atoms with van der Waals surface area (Å²) in [6.07, 6.45) is 0.794. The molecule has 0 spiro atoms. The summed E-state index contributed by atoms with van der Waals surface area (Å²) >= 11 is 0. The Morgan fingerprint density at radius 3 is 2.56 bits per heavy atom. The summed E-state index contributed by atoms with van der Waals surface area (Å²) in [5.41, 5.74) is 5.39. The Hall–Kier alpha value is -1.42. The molecule has 0 heterocycles. The SMILES string of the molecule is CCOC(=O)C(CC)(CN)Cc1ccccc1F. The zero-order valence-corrected chi connectivity index (χ0v) is 10.9. The van der Waals surface area contributed by atoms with Gasteiger partial charge in [-0.2, -0.15) is 0 Å². The molecule has 0 radical (unpaired) electrons. The van der Waals surface area contributed by atoms with Crippen molar-refractivity contribution < 1.29 is 13.9 Å². The Bertz CT molecular complexity index is 403. The molecule has 0 amide bonds. The minimum absolute atomic E-state index is 0.149. The lowest BCUT2D eigenvalue weighted by atomic mass is 9.79. The van der Waals surface area contributed by atoms with Crippen LogP contribution in [0.1, 0.15) is 25.8 Å². The highest BCUT2D eigenvalue weighted by Crippen LogP contribution is 2.28. The van der Waals surface area contributed by atoms with Gasteiger partial charge in [0.1, 0.15) is 5.82 Å². The molecule has 3 nitrogen and oxygen atoms in total. The lowest BCUT2D eigenvalue weighted by molar-refractivity contribution is -0.155. The van der Waals surface area contributed by atoms with E-state index in [0.717, 1.165) is 0 Å². The second-order valence-electron chi connectivity index (χ2n) is 4.33. The van der Waals surface area contributed by atoms with Crippen LogP contribution in [0.15, 0.2) is 24.3 Å². The lowest BCUT2D eigenvalue weighted by Gasteiger charge is -2.29. The second-order valence-corrected chi connectivity index (χ2v) is 4.33. The third-order valence-electron chi connectivity index (χ3n) is 3.26. The van der Waals surface area contributed by atoms with E-state index in [1.165, 1.54) is 6.07 Å². The molecule has 1 rings (SSSR count). The van der Waals surface area contributed by atoms with Crippen molar-refractivity contribution in [3.8, 4) is 0 Å². The monoisotopic (exact) mass is 253 g/mol. The normalized spacial score (nSPS) is 14.0. The zero-order valence-electron chi connectivity index (χ0n) is 10.9. The number of esters is 1. The number of hydrogen-bond donors (Lipinski definition) is 1. The van der Waals surface area contributed by atoms with Crippen LogP contribution in [0.5, 0.6) is 0 Å². The number of carbonyl (C=O) groups is 1. The molecule has 0 aliphatic rings. The number of ether oxygens (including phenoxy) is 1. The molecule has 4 heteroatoms. The van der Waals surface area contributed by atoms with Gasteiger partial charge in [0.2, 0.25) is 0 Å². The molecule has 0 saturated heterocycles. The van der Waals surface area contributed by atoms with Crippen molar-refractivity contribution in [3.63, 3.8) is 0 Å². The minimum atomic E-state index is -0.835. The molecule has 0 saturated carbocycles. The molecule has 0 bridgehead atoms. The van der Waals surface area contributed by atoms with Crippen LogP contribution in [0.3, 0.4) is 0 Å². The van der Waals surface area contributed by atoms with E-state index in [2.05, 4.69) is 0 Å². The molecule has 100 valence electrons. The highest BCUT2D eigenvalue weighted by Gasteiger charge is 2.37. The van der Waals surface area contributed by atoms with Gasteiger partial charge in [-0.25, -0.2) is 4.39 Å². The third-order valence-corrected chi connectivity index (χ3v) is 3.26. The van der Waals surface area contributed by atoms with Crippen molar-refractivity contribution in [2.75, 3.05) is 13.2 Å². The van der Waals surface area contributed by atoms with Crippen LogP contribution < -0.4 is 5.73 Å². The Morgan fingerprint density at radius 2 is 2.06 bits per heavy atom. The number of nitrogens with two attached hydrogens (primary N) is 1. The van der Waals surface area contributed by atoms with Gasteiger partial charge in [0.15, 0.2) is 0 Å². The van der Waals surface area contributed by atoms with E-state index in [0.29, 0.717) is 18.6 Å². The maximum atomic E-state index is 13.6. The standard InChI is InChI=1S/C14H20FNO2/c1-3-14(10-16,13(17)18-4-2)9-11-7-5-6-8-12(11)15/h5-8H,3-4,9-10,16H2,1-2H3. The van der Waals surface area contributed by atoms with Gasteiger partial charge in [-0.1, -0.05) is 25.1 Å². The molecule has 0 aliphatic heterocycles. The van der Waals surface area contributed by atoms with Gasteiger partial charge in [0.05, 0.1) is 12.0 Å². The predicted molar refractivity (Wildman–Crippen MR) is 68.5 cm³/mol. The van der Waals surface area contributed by atoms with Crippen molar-refractivity contribution in [3.05, 3.63) is 35.6 Å². The summed E-state index contributed by atoms with van der Waals surface area (Å²) in [6.45, 7) is 4.07. The molecule has 0 aliphatic carbocycles. The fourth-order valence-corrected chi connectivity index (χ4v) is 1.93. The molecule has 0 fully saturated rings. The predicted octanol–water partition coefficient (Wildman–Crippen LogP) is 2.29. The fourth-order valence-electron chi connectivity index (χ4n) is 1.93. The molecule has 0 aromatic heterocycles. The first-order valence-electron chi connectivity index (χ1n) is 6.20. The van der Waals surface area contributed by atoms with Crippen molar-refractivity contribution >= 4 is 5.97 Å². The summed E-state index contributed by atoms with van der Waals surface area (Å²) in [4.78, 5) is 12.0. The first-order valence-corrected chi connectivity index (χ1v) is 6.20. The highest BCUT2D eigenvalue weighted by atomic mass is 19.1. The van der Waals surface area contributed by atoms with Crippen LogP contribution in [-0.2, 0) is 16.0 Å². The van der Waals surface area contributed by atoms with Gasteiger partial charge < -0.3 is 10.5 Å². The van der Waals surface area contributed by atoms with Gasteiger partial charge >= 0.3 is 5.97 Å². The number of carbonyl (C=O) groups excluding carboxylic acids is 1. The number of benzene rings is 1. The fraction of sp³-hybridized carbons (Fsp3) is 0.500. The average Bonchev–Trinajstić information content (AvgIpc) is 2.38. The quantitative estimate of drug-likeness (QED) is 0.791. The number of rotatable bonds is 6. The smallest absolute Gasteiger partial charge is 0.313 e. The first-order chi connectivity index (χ1) is 8.59. The van der Waals surface area contributed by atoms with Crippen molar-refractivity contribution in [2.45, 2.75) is 26.7 Å². The summed E-state index contributed by atoms with van der Waals surface area (Å²) in [7, 11) is 0. The second kappa shape index (κ2) is 6.50. The van der Waals surface area contributed by atoms with Gasteiger partial charge in [0, 0.05) is 6.54 Å². The molecule has 1 unspecified atom stereocenters. The van der Waals surface area contributed by atoms with E-state index in [9.17, 15) is 9.18 Å². The van der Waals surface area contributed by atoms with Crippen LogP contribution in [0.25, 0.3) is 0 Å². The summed E-state index contributed by atoms with van der Waals surface area (Å²) in [5, 5.41) is 0. The summed E-state index contributed by atoms with van der Waals surface area (Å²) in [6, 6.07) is 6.44. The molecule has 1 aromatic carbocycles. The van der Waals surface area contributed by atoms with Gasteiger partial charge in [-0.05, 0) is 31.4 Å². The van der Waals surface area contributed by atoms with Crippen LogP contribution in [0.4, 0.5) is 4.39 Å². The van der Waals surface area contributed by atoms with E-state index < -0.39 is 5.41 Å². The van der Waals surface area contributed by atoms with E-state index >= 15 is 0 Å². The maximum Gasteiger partial charge on any atom is 0.313 e. The Balaban J connectivity index is 2.99. The molecule has 1 atom stereocenters. The Kier molecular flexibility index (Phi) is 5.28. The minimum Gasteiger partial charge on any atom is -0.466 e. The van der Waals surface area contributed by atoms with E-state index in [1.54, 1.807) is 25.1 Å². The maximum absolute atomic E-state index is 13.6. The van der Waals surface area contributed by atoms with Crippen LogP contribution in [-0.4, -0.2) is 19.1 Å². The lowest BCUT2D eigenvalue weighted by Crippen LogP contribution is -2.41. The molecular formula is C14H20FNO2. The highest BCUT2D eigenvalue weighted by molar-refractivity contribution is 5.77. The number of hydrogen-bond acceptors (Lipinski definition) is 3. The average molecular weight is 253 g/mol. The molecule has 1 aromatic rings. The van der Waals surface area contributed by atoms with Crippen LogP contribution >= 0.6 is 0 Å². The van der Waals surface area contributed by atoms with E-state index in [1.807, 2.05) is 6.92 Å². The largest absolute Gasteiger partial charge is 0.466 e. The molecule has 18 heavy (non-hydrogen) atoms. The number of halogens is 1. The van der Waals surface area contributed by atoms with Gasteiger partial charge in [-0.15, -0.1) is 0 Å². The zero-order chi connectivity index (χ0) is 13.6. The van der Waals surface area contributed by atoms with Crippen molar-refractivity contribution in [1.82, 2.24) is 0 Å². The van der Waals surface area contributed by atoms with E-state index in [4.69, 9.17) is 10.5 Å². The van der Waals surface area contributed by atoms with Crippen LogP contribution in [0, 0.1) is 11.2 Å². The Labute approximate surface area is 107 Å². The Morgan fingerprint density at radius 1 is 1.39 bits per heavy atom. The van der Waals surface area contributed by atoms with Gasteiger partial charge in [0.25, 0.3) is 0 Å². The third kappa shape index (κ3) is 3.07. The topological polar surface area (TPSA) is 52.3 Å². The van der Waals surface area contributed by atoms with Gasteiger partial charge in [-0.3, -0.25) is 4.79 Å². The van der Waals surface area contributed by atoms with E-state index in [-0.39, 0.29) is 24.8 Å². The molecule has 2 N–H and O–H groups in total.